The zero-order chi connectivity index (χ0) is 18.7. The largest absolute Gasteiger partial charge is 0.360 e. The van der Waals surface area contributed by atoms with Crippen LogP contribution in [0.1, 0.15) is 44.1 Å². The maximum atomic E-state index is 12.0. The fourth-order valence-electron chi connectivity index (χ4n) is 3.12. The molecule has 1 aliphatic carbocycles. The van der Waals surface area contributed by atoms with Crippen LogP contribution in [0.5, 0.6) is 0 Å². The highest BCUT2D eigenvalue weighted by molar-refractivity contribution is 7.19. The van der Waals surface area contributed by atoms with Crippen molar-refractivity contribution in [2.45, 2.75) is 44.6 Å². The van der Waals surface area contributed by atoms with Crippen molar-refractivity contribution in [2.75, 3.05) is 23.7 Å². The number of carbonyl (C=O) groups is 1. The molecule has 0 spiro atoms. The quantitative estimate of drug-likeness (QED) is 0.450. The first-order valence-electron chi connectivity index (χ1n) is 9.64. The predicted molar refractivity (Wildman–Crippen MR) is 112 cm³/mol. The van der Waals surface area contributed by atoms with E-state index in [4.69, 9.17) is 0 Å². The maximum Gasteiger partial charge on any atom is 0.250 e. The fourth-order valence-corrected chi connectivity index (χ4v) is 3.80. The molecule has 1 aliphatic rings. The van der Waals surface area contributed by atoms with E-state index in [1.165, 1.54) is 49.5 Å². The minimum atomic E-state index is -0.210. The molecule has 27 heavy (non-hydrogen) atoms. The van der Waals surface area contributed by atoms with Gasteiger partial charge in [-0.2, -0.15) is 0 Å². The minimum Gasteiger partial charge on any atom is -0.360 e. The van der Waals surface area contributed by atoms with E-state index >= 15 is 0 Å². The predicted octanol–water partition coefficient (Wildman–Crippen LogP) is 3.91. The lowest BCUT2D eigenvalue weighted by Crippen LogP contribution is -2.32. The van der Waals surface area contributed by atoms with Crippen molar-refractivity contribution < 1.29 is 4.79 Å². The summed E-state index contributed by atoms with van der Waals surface area (Å²) in [7, 11) is 0. The first-order valence-corrected chi connectivity index (χ1v) is 10.5. The summed E-state index contributed by atoms with van der Waals surface area (Å²) in [6, 6.07) is 10.4. The topological polar surface area (TPSA) is 78.9 Å². The Kier molecular flexibility index (Phi) is 7.80. The molecule has 1 aromatic heterocycles. The molecule has 3 N–H and O–H groups in total. The molecule has 1 fully saturated rings. The number of benzene rings is 1. The van der Waals surface area contributed by atoms with Crippen molar-refractivity contribution >= 4 is 33.6 Å². The van der Waals surface area contributed by atoms with Gasteiger partial charge in [-0.1, -0.05) is 60.9 Å². The van der Waals surface area contributed by atoms with Crippen LogP contribution < -0.4 is 16.0 Å². The summed E-state index contributed by atoms with van der Waals surface area (Å²) >= 11 is 1.35. The average molecular weight is 386 g/mol. The van der Waals surface area contributed by atoms with Crippen molar-refractivity contribution in [2.24, 2.45) is 0 Å². The van der Waals surface area contributed by atoms with Crippen LogP contribution in [0.15, 0.2) is 36.4 Å². The number of hydrogen-bond donors (Lipinski definition) is 3. The van der Waals surface area contributed by atoms with Crippen LogP contribution in [0.25, 0.3) is 6.08 Å². The Balaban J connectivity index is 1.33. The van der Waals surface area contributed by atoms with Crippen LogP contribution >= 0.6 is 11.3 Å². The molecule has 144 valence electrons. The van der Waals surface area contributed by atoms with E-state index in [0.717, 1.165) is 30.2 Å². The van der Waals surface area contributed by atoms with E-state index in [-0.39, 0.29) is 5.91 Å². The monoisotopic (exact) mass is 385 g/mol. The summed E-state index contributed by atoms with van der Waals surface area (Å²) in [4.78, 5) is 12.0. The standard InChI is InChI=1S/C20H27N5OS/c26-18(13-12-16-8-3-1-4-9-16)23-20-25-24-19(27-20)22-15-7-14-21-17-10-5-2-6-11-17/h1,3-4,8-9,12-13,17,21H,2,5-7,10-11,14-15H2,(H,22,24)(H,23,25,26). The minimum absolute atomic E-state index is 0.210. The number of rotatable bonds is 9. The normalized spacial score (nSPS) is 15.1. The second kappa shape index (κ2) is 10.8. The molecule has 1 heterocycles. The molecular formula is C20H27N5OS. The van der Waals surface area contributed by atoms with Gasteiger partial charge in [0.2, 0.25) is 16.2 Å². The second-order valence-corrected chi connectivity index (χ2v) is 7.69. The SMILES string of the molecule is O=C(C=Cc1ccccc1)Nc1nnc(NCCCNC2CCCCC2)s1. The van der Waals surface area contributed by atoms with Crippen LogP contribution in [0.2, 0.25) is 0 Å². The molecule has 6 nitrogen and oxygen atoms in total. The van der Waals surface area contributed by atoms with Crippen LogP contribution in [-0.2, 0) is 4.79 Å². The van der Waals surface area contributed by atoms with E-state index < -0.39 is 0 Å². The molecule has 1 saturated carbocycles. The summed E-state index contributed by atoms with van der Waals surface area (Å²) in [5.74, 6) is -0.210. The van der Waals surface area contributed by atoms with Gasteiger partial charge in [0.25, 0.3) is 0 Å². The molecule has 1 amide bonds. The van der Waals surface area contributed by atoms with Crippen LogP contribution in [0.4, 0.5) is 10.3 Å². The summed E-state index contributed by atoms with van der Waals surface area (Å²) in [5.41, 5.74) is 0.981. The van der Waals surface area contributed by atoms with E-state index in [1.54, 1.807) is 6.08 Å². The van der Waals surface area contributed by atoms with E-state index in [2.05, 4.69) is 26.1 Å². The Bertz CT molecular complexity index is 725. The van der Waals surface area contributed by atoms with Crippen molar-refractivity contribution in [3.8, 4) is 0 Å². The first kappa shape index (κ1) is 19.5. The Morgan fingerprint density at radius 1 is 1.07 bits per heavy atom. The van der Waals surface area contributed by atoms with Crippen molar-refractivity contribution in [1.82, 2.24) is 15.5 Å². The molecular weight excluding hydrogens is 358 g/mol. The highest BCUT2D eigenvalue weighted by Crippen LogP contribution is 2.20. The highest BCUT2D eigenvalue weighted by Gasteiger charge is 2.11. The molecule has 0 unspecified atom stereocenters. The molecule has 1 aromatic carbocycles. The number of amides is 1. The summed E-state index contributed by atoms with van der Waals surface area (Å²) in [6.07, 6.45) is 11.0. The number of nitrogens with zero attached hydrogens (tertiary/aromatic N) is 2. The third-order valence-corrected chi connectivity index (χ3v) is 5.35. The maximum absolute atomic E-state index is 12.0. The van der Waals surface area contributed by atoms with Crippen LogP contribution in [-0.4, -0.2) is 35.2 Å². The zero-order valence-corrected chi connectivity index (χ0v) is 16.3. The van der Waals surface area contributed by atoms with E-state index in [1.807, 2.05) is 30.3 Å². The number of hydrogen-bond acceptors (Lipinski definition) is 6. The number of anilines is 2. The van der Waals surface area contributed by atoms with Crippen molar-refractivity contribution in [3.63, 3.8) is 0 Å². The molecule has 0 atom stereocenters. The third-order valence-electron chi connectivity index (χ3n) is 4.55. The molecule has 0 radical (unpaired) electrons. The summed E-state index contributed by atoms with van der Waals surface area (Å²) in [5, 5.41) is 19.0. The van der Waals surface area contributed by atoms with Gasteiger partial charge in [0.15, 0.2) is 0 Å². The third kappa shape index (κ3) is 7.11. The molecule has 3 rings (SSSR count). The van der Waals surface area contributed by atoms with Gasteiger partial charge in [0.1, 0.15) is 0 Å². The van der Waals surface area contributed by atoms with Gasteiger partial charge in [0.05, 0.1) is 0 Å². The average Bonchev–Trinajstić information content (AvgIpc) is 3.15. The molecule has 0 aliphatic heterocycles. The lowest BCUT2D eigenvalue weighted by Gasteiger charge is -2.22. The number of nitrogens with one attached hydrogen (secondary N) is 3. The van der Waals surface area contributed by atoms with Gasteiger partial charge < -0.3 is 10.6 Å². The summed E-state index contributed by atoms with van der Waals surface area (Å²) < 4.78 is 0. The van der Waals surface area contributed by atoms with Crippen molar-refractivity contribution in [3.05, 3.63) is 42.0 Å². The lowest BCUT2D eigenvalue weighted by atomic mass is 9.95. The van der Waals surface area contributed by atoms with Gasteiger partial charge in [-0.05, 0) is 37.4 Å². The van der Waals surface area contributed by atoms with Gasteiger partial charge in [-0.3, -0.25) is 10.1 Å². The number of carbonyl (C=O) groups excluding carboxylic acids is 1. The lowest BCUT2D eigenvalue weighted by molar-refractivity contribution is -0.111. The highest BCUT2D eigenvalue weighted by atomic mass is 32.1. The van der Waals surface area contributed by atoms with Crippen molar-refractivity contribution in [1.29, 1.82) is 0 Å². The Morgan fingerprint density at radius 3 is 2.67 bits per heavy atom. The number of aromatic nitrogens is 2. The Labute approximate surface area is 164 Å². The van der Waals surface area contributed by atoms with Crippen LogP contribution in [0, 0.1) is 0 Å². The van der Waals surface area contributed by atoms with Crippen LogP contribution in [0.3, 0.4) is 0 Å². The molecule has 7 heteroatoms. The molecule has 0 saturated heterocycles. The second-order valence-electron chi connectivity index (χ2n) is 6.72. The van der Waals surface area contributed by atoms with Gasteiger partial charge in [0, 0.05) is 18.7 Å². The Hall–Kier alpha value is -2.25. The summed E-state index contributed by atoms with van der Waals surface area (Å²) in [6.45, 7) is 1.86. The van der Waals surface area contributed by atoms with Gasteiger partial charge >= 0.3 is 0 Å². The fraction of sp³-hybridized carbons (Fsp3) is 0.450. The van der Waals surface area contributed by atoms with Gasteiger partial charge in [-0.25, -0.2) is 0 Å². The smallest absolute Gasteiger partial charge is 0.250 e. The van der Waals surface area contributed by atoms with E-state index in [0.29, 0.717) is 11.2 Å². The zero-order valence-electron chi connectivity index (χ0n) is 15.5. The molecule has 2 aromatic rings. The first-order chi connectivity index (χ1) is 13.3. The molecule has 0 bridgehead atoms. The Morgan fingerprint density at radius 2 is 1.85 bits per heavy atom. The van der Waals surface area contributed by atoms with Gasteiger partial charge in [-0.15, -0.1) is 10.2 Å². The van der Waals surface area contributed by atoms with E-state index in [9.17, 15) is 4.79 Å².